The number of para-hydroxylation sites is 1. The summed E-state index contributed by atoms with van der Waals surface area (Å²) in [6, 6.07) is 12.9. The van der Waals surface area contributed by atoms with Gasteiger partial charge in [0.1, 0.15) is 23.9 Å². The highest BCUT2D eigenvalue weighted by Crippen LogP contribution is 2.25. The minimum Gasteiger partial charge on any atom is -0.496 e. The number of halogens is 1. The summed E-state index contributed by atoms with van der Waals surface area (Å²) in [5, 5.41) is 3.45. The fourth-order valence-corrected chi connectivity index (χ4v) is 2.58. The lowest BCUT2D eigenvalue weighted by atomic mass is 10.0. The summed E-state index contributed by atoms with van der Waals surface area (Å²) in [5.74, 6) is 1.25. The minimum absolute atomic E-state index is 0.245. The number of nitrogens with one attached hydrogen (secondary N) is 1. The molecule has 0 aromatic heterocycles. The van der Waals surface area contributed by atoms with E-state index in [4.69, 9.17) is 9.47 Å². The van der Waals surface area contributed by atoms with Crippen molar-refractivity contribution in [3.63, 3.8) is 0 Å². The SMILES string of the molecule is COc1cc(F)ccc1CNC1COc2ccccc2C1. The number of hydrogen-bond donors (Lipinski definition) is 1. The van der Waals surface area contributed by atoms with Crippen molar-refractivity contribution < 1.29 is 13.9 Å². The van der Waals surface area contributed by atoms with Crippen LogP contribution >= 0.6 is 0 Å². The van der Waals surface area contributed by atoms with E-state index >= 15 is 0 Å². The molecule has 2 aromatic carbocycles. The third-order valence-corrected chi connectivity index (χ3v) is 3.71. The maximum atomic E-state index is 13.2. The normalized spacial score (nSPS) is 17.0. The Labute approximate surface area is 123 Å². The Morgan fingerprint density at radius 3 is 3.00 bits per heavy atom. The third-order valence-electron chi connectivity index (χ3n) is 3.71. The topological polar surface area (TPSA) is 30.5 Å². The van der Waals surface area contributed by atoms with E-state index in [0.717, 1.165) is 17.7 Å². The number of hydrogen-bond acceptors (Lipinski definition) is 3. The van der Waals surface area contributed by atoms with E-state index in [2.05, 4.69) is 11.4 Å². The van der Waals surface area contributed by atoms with Crippen LogP contribution < -0.4 is 14.8 Å². The molecule has 4 heteroatoms. The van der Waals surface area contributed by atoms with Gasteiger partial charge in [-0.1, -0.05) is 24.3 Å². The Morgan fingerprint density at radius 1 is 1.29 bits per heavy atom. The van der Waals surface area contributed by atoms with Crippen LogP contribution in [0.5, 0.6) is 11.5 Å². The molecule has 0 saturated heterocycles. The molecule has 0 fully saturated rings. The van der Waals surface area contributed by atoms with Gasteiger partial charge in [0.25, 0.3) is 0 Å². The molecule has 0 aliphatic carbocycles. The average Bonchev–Trinajstić information content (AvgIpc) is 2.53. The van der Waals surface area contributed by atoms with Gasteiger partial charge in [0.15, 0.2) is 0 Å². The van der Waals surface area contributed by atoms with Gasteiger partial charge < -0.3 is 14.8 Å². The lowest BCUT2D eigenvalue weighted by molar-refractivity contribution is 0.237. The molecule has 1 unspecified atom stereocenters. The van der Waals surface area contributed by atoms with Gasteiger partial charge in [-0.2, -0.15) is 0 Å². The second kappa shape index (κ2) is 6.14. The first-order valence-corrected chi connectivity index (χ1v) is 7.03. The molecule has 0 radical (unpaired) electrons. The summed E-state index contributed by atoms with van der Waals surface area (Å²) in [4.78, 5) is 0. The number of methoxy groups -OCH3 is 1. The Balaban J connectivity index is 1.64. The molecule has 21 heavy (non-hydrogen) atoms. The number of rotatable bonds is 4. The summed E-state index contributed by atoms with van der Waals surface area (Å²) in [7, 11) is 1.55. The van der Waals surface area contributed by atoms with E-state index in [1.54, 1.807) is 13.2 Å². The lowest BCUT2D eigenvalue weighted by Crippen LogP contribution is -2.38. The van der Waals surface area contributed by atoms with Gasteiger partial charge in [0.05, 0.1) is 7.11 Å². The van der Waals surface area contributed by atoms with Gasteiger partial charge >= 0.3 is 0 Å². The average molecular weight is 287 g/mol. The van der Waals surface area contributed by atoms with Crippen LogP contribution in [0.1, 0.15) is 11.1 Å². The Bertz CT molecular complexity index is 630. The number of benzene rings is 2. The first-order valence-electron chi connectivity index (χ1n) is 7.03. The quantitative estimate of drug-likeness (QED) is 0.938. The molecule has 0 amide bonds. The second-order valence-corrected chi connectivity index (χ2v) is 5.16. The molecular weight excluding hydrogens is 269 g/mol. The van der Waals surface area contributed by atoms with Crippen molar-refractivity contribution >= 4 is 0 Å². The van der Waals surface area contributed by atoms with Crippen LogP contribution in [0.2, 0.25) is 0 Å². The van der Waals surface area contributed by atoms with E-state index in [9.17, 15) is 4.39 Å². The Morgan fingerprint density at radius 2 is 2.14 bits per heavy atom. The molecule has 1 atom stereocenters. The zero-order valence-corrected chi connectivity index (χ0v) is 11.9. The van der Waals surface area contributed by atoms with Crippen molar-refractivity contribution in [3.8, 4) is 11.5 Å². The van der Waals surface area contributed by atoms with Crippen LogP contribution in [0.3, 0.4) is 0 Å². The van der Waals surface area contributed by atoms with Crippen LogP contribution in [0.25, 0.3) is 0 Å². The molecule has 0 saturated carbocycles. The largest absolute Gasteiger partial charge is 0.496 e. The fourth-order valence-electron chi connectivity index (χ4n) is 2.58. The van der Waals surface area contributed by atoms with Crippen molar-refractivity contribution in [2.75, 3.05) is 13.7 Å². The third kappa shape index (κ3) is 3.16. The smallest absolute Gasteiger partial charge is 0.126 e. The predicted octanol–water partition coefficient (Wildman–Crippen LogP) is 2.93. The molecule has 1 aliphatic heterocycles. The molecule has 1 N–H and O–H groups in total. The van der Waals surface area contributed by atoms with Crippen LogP contribution in [0.15, 0.2) is 42.5 Å². The molecule has 1 heterocycles. The van der Waals surface area contributed by atoms with Crippen molar-refractivity contribution in [2.45, 2.75) is 19.0 Å². The van der Waals surface area contributed by atoms with E-state index in [-0.39, 0.29) is 11.9 Å². The van der Waals surface area contributed by atoms with Gasteiger partial charge in [0, 0.05) is 24.2 Å². The first kappa shape index (κ1) is 13.9. The van der Waals surface area contributed by atoms with Crippen LogP contribution in [-0.2, 0) is 13.0 Å². The van der Waals surface area contributed by atoms with Gasteiger partial charge in [0.2, 0.25) is 0 Å². The highest BCUT2D eigenvalue weighted by Gasteiger charge is 2.19. The molecule has 2 aromatic rings. The fraction of sp³-hybridized carbons (Fsp3) is 0.294. The molecule has 1 aliphatic rings. The second-order valence-electron chi connectivity index (χ2n) is 5.16. The summed E-state index contributed by atoms with van der Waals surface area (Å²) >= 11 is 0. The minimum atomic E-state index is -0.287. The van der Waals surface area contributed by atoms with Crippen LogP contribution in [0, 0.1) is 5.82 Å². The van der Waals surface area contributed by atoms with Crippen molar-refractivity contribution in [1.82, 2.24) is 5.32 Å². The van der Waals surface area contributed by atoms with Crippen molar-refractivity contribution in [3.05, 3.63) is 59.4 Å². The van der Waals surface area contributed by atoms with E-state index in [1.807, 2.05) is 18.2 Å². The predicted molar refractivity (Wildman–Crippen MR) is 79.2 cm³/mol. The van der Waals surface area contributed by atoms with Gasteiger partial charge in [-0.3, -0.25) is 0 Å². The Kier molecular flexibility index (Phi) is 4.06. The summed E-state index contributed by atoms with van der Waals surface area (Å²) in [5.41, 5.74) is 2.16. The van der Waals surface area contributed by atoms with E-state index in [1.165, 1.54) is 17.7 Å². The Hall–Kier alpha value is -2.07. The van der Waals surface area contributed by atoms with Gasteiger partial charge in [-0.05, 0) is 24.1 Å². The zero-order chi connectivity index (χ0) is 14.7. The molecule has 3 nitrogen and oxygen atoms in total. The highest BCUT2D eigenvalue weighted by molar-refractivity contribution is 5.36. The maximum Gasteiger partial charge on any atom is 0.126 e. The van der Waals surface area contributed by atoms with Crippen molar-refractivity contribution in [1.29, 1.82) is 0 Å². The lowest BCUT2D eigenvalue weighted by Gasteiger charge is -2.26. The van der Waals surface area contributed by atoms with Gasteiger partial charge in [-0.25, -0.2) is 4.39 Å². The van der Waals surface area contributed by atoms with Crippen LogP contribution in [0.4, 0.5) is 4.39 Å². The highest BCUT2D eigenvalue weighted by atomic mass is 19.1. The number of fused-ring (bicyclic) bond motifs is 1. The number of ether oxygens (including phenoxy) is 2. The molecule has 3 rings (SSSR count). The maximum absolute atomic E-state index is 13.2. The molecular formula is C17H18FNO2. The first-order chi connectivity index (χ1) is 10.3. The zero-order valence-electron chi connectivity index (χ0n) is 11.9. The molecule has 0 bridgehead atoms. The van der Waals surface area contributed by atoms with Gasteiger partial charge in [-0.15, -0.1) is 0 Å². The van der Waals surface area contributed by atoms with E-state index in [0.29, 0.717) is 18.9 Å². The van der Waals surface area contributed by atoms with Crippen LogP contribution in [-0.4, -0.2) is 19.8 Å². The molecule has 110 valence electrons. The monoisotopic (exact) mass is 287 g/mol. The van der Waals surface area contributed by atoms with E-state index < -0.39 is 0 Å². The standard InChI is InChI=1S/C17H18FNO2/c1-20-17-9-14(18)7-6-13(17)10-19-15-8-12-4-2-3-5-16(12)21-11-15/h2-7,9,15,19H,8,10-11H2,1H3. The summed E-state index contributed by atoms with van der Waals surface area (Å²) in [6.45, 7) is 1.26. The van der Waals surface area contributed by atoms with Crippen molar-refractivity contribution in [2.24, 2.45) is 0 Å². The summed E-state index contributed by atoms with van der Waals surface area (Å²) < 4.78 is 24.1. The summed E-state index contributed by atoms with van der Waals surface area (Å²) in [6.07, 6.45) is 0.930. The molecule has 0 spiro atoms.